The average Bonchev–Trinajstić information content (AvgIpc) is 2.23. The lowest BCUT2D eigenvalue weighted by Gasteiger charge is -2.19. The third-order valence-electron chi connectivity index (χ3n) is 3.01. The molecule has 0 radical (unpaired) electrons. The predicted molar refractivity (Wildman–Crippen MR) is 73.1 cm³/mol. The van der Waals surface area contributed by atoms with Gasteiger partial charge in [0.05, 0.1) is 0 Å². The summed E-state index contributed by atoms with van der Waals surface area (Å²) in [5.74, 6) is 0. The van der Waals surface area contributed by atoms with Gasteiger partial charge in [-0.15, -0.1) is 0 Å². The molecule has 0 saturated heterocycles. The van der Waals surface area contributed by atoms with Gasteiger partial charge < -0.3 is 14.7 Å². The number of hydrogen-bond acceptors (Lipinski definition) is 3. The molecule has 0 unspecified atom stereocenters. The summed E-state index contributed by atoms with van der Waals surface area (Å²) in [5.41, 5.74) is 0. The quantitative estimate of drug-likeness (QED) is 0.527. The van der Waals surface area contributed by atoms with Gasteiger partial charge in [0.15, 0.2) is 0 Å². The minimum atomic E-state index is 1.17. The fourth-order valence-corrected chi connectivity index (χ4v) is 1.69. The summed E-state index contributed by atoms with van der Waals surface area (Å²) in [6, 6.07) is 0. The van der Waals surface area contributed by atoms with Gasteiger partial charge in [0, 0.05) is 0 Å². The summed E-state index contributed by atoms with van der Waals surface area (Å²) >= 11 is 0. The number of unbranched alkanes of at least 4 members (excludes halogenated alkanes) is 1. The van der Waals surface area contributed by atoms with Crippen LogP contribution >= 0.6 is 0 Å². The van der Waals surface area contributed by atoms with Gasteiger partial charge in [0.1, 0.15) is 0 Å². The maximum Gasteiger partial charge on any atom is -0.000960 e. The van der Waals surface area contributed by atoms with E-state index in [1.165, 1.54) is 52.0 Å². The highest BCUT2D eigenvalue weighted by atomic mass is 15.1. The molecule has 0 atom stereocenters. The topological polar surface area (TPSA) is 9.72 Å². The second-order valence-corrected chi connectivity index (χ2v) is 5.06. The Morgan fingerprint density at radius 1 is 0.625 bits per heavy atom. The van der Waals surface area contributed by atoms with Crippen LogP contribution in [-0.2, 0) is 0 Å². The lowest BCUT2D eigenvalue weighted by molar-refractivity contribution is 0.282. The first-order valence-corrected chi connectivity index (χ1v) is 6.58. The summed E-state index contributed by atoms with van der Waals surface area (Å²) in [6.07, 6.45) is 3.92. The van der Waals surface area contributed by atoms with E-state index in [-0.39, 0.29) is 0 Å². The van der Waals surface area contributed by atoms with Crippen LogP contribution in [0.15, 0.2) is 0 Å². The van der Waals surface area contributed by atoms with Crippen molar-refractivity contribution in [2.45, 2.75) is 26.2 Å². The Morgan fingerprint density at radius 3 is 1.62 bits per heavy atom. The zero-order chi connectivity index (χ0) is 12.4. The van der Waals surface area contributed by atoms with Gasteiger partial charge in [-0.1, -0.05) is 6.92 Å². The molecule has 0 aliphatic carbocycles. The van der Waals surface area contributed by atoms with E-state index < -0.39 is 0 Å². The molecule has 0 amide bonds. The van der Waals surface area contributed by atoms with Crippen molar-refractivity contribution in [2.75, 3.05) is 60.9 Å². The summed E-state index contributed by atoms with van der Waals surface area (Å²) in [5, 5.41) is 0. The molecule has 0 aromatic heterocycles. The lowest BCUT2D eigenvalue weighted by atomic mass is 10.2. The molecule has 3 nitrogen and oxygen atoms in total. The van der Waals surface area contributed by atoms with Crippen LogP contribution in [0.3, 0.4) is 0 Å². The van der Waals surface area contributed by atoms with Crippen molar-refractivity contribution in [1.29, 1.82) is 0 Å². The highest BCUT2D eigenvalue weighted by Gasteiger charge is 1.99. The monoisotopic (exact) mass is 229 g/mol. The van der Waals surface area contributed by atoms with E-state index in [1.54, 1.807) is 0 Å². The SMILES string of the molecule is CCN(C)CCCCN(C)CCCN(C)C. The molecule has 3 heteroatoms. The van der Waals surface area contributed by atoms with Crippen molar-refractivity contribution in [3.05, 3.63) is 0 Å². The van der Waals surface area contributed by atoms with Gasteiger partial charge in [-0.25, -0.2) is 0 Å². The third-order valence-corrected chi connectivity index (χ3v) is 3.01. The number of hydrogen-bond donors (Lipinski definition) is 0. The molecule has 0 fully saturated rings. The van der Waals surface area contributed by atoms with Crippen molar-refractivity contribution in [2.24, 2.45) is 0 Å². The molecule has 0 spiro atoms. The predicted octanol–water partition coefficient (Wildman–Crippen LogP) is 1.60. The molecule has 0 saturated carbocycles. The first-order chi connectivity index (χ1) is 7.56. The molecule has 98 valence electrons. The Balaban J connectivity index is 3.26. The number of nitrogens with zero attached hydrogens (tertiary/aromatic N) is 3. The summed E-state index contributed by atoms with van der Waals surface area (Å²) in [7, 11) is 8.71. The number of rotatable bonds is 10. The first kappa shape index (κ1) is 15.9. The van der Waals surface area contributed by atoms with Gasteiger partial charge in [-0.05, 0) is 80.2 Å². The van der Waals surface area contributed by atoms with E-state index in [1.807, 2.05) is 0 Å². The Morgan fingerprint density at radius 2 is 1.12 bits per heavy atom. The van der Waals surface area contributed by atoms with Gasteiger partial charge >= 0.3 is 0 Å². The normalized spacial score (nSPS) is 12.0. The molecule has 0 aliphatic rings. The summed E-state index contributed by atoms with van der Waals surface area (Å²) < 4.78 is 0. The lowest BCUT2D eigenvalue weighted by Crippen LogP contribution is -2.25. The molecule has 16 heavy (non-hydrogen) atoms. The van der Waals surface area contributed by atoms with Crippen molar-refractivity contribution in [3.8, 4) is 0 Å². The standard InChI is InChI=1S/C13H31N3/c1-6-15(4)11-7-8-12-16(5)13-9-10-14(2)3/h6-13H2,1-5H3. The van der Waals surface area contributed by atoms with Crippen LogP contribution in [0.5, 0.6) is 0 Å². The molecule has 0 aromatic rings. The molecular formula is C13H31N3. The van der Waals surface area contributed by atoms with Crippen LogP contribution in [0.4, 0.5) is 0 Å². The van der Waals surface area contributed by atoms with Crippen molar-refractivity contribution in [1.82, 2.24) is 14.7 Å². The van der Waals surface area contributed by atoms with Crippen LogP contribution in [-0.4, -0.2) is 75.6 Å². The zero-order valence-electron chi connectivity index (χ0n) is 12.0. The van der Waals surface area contributed by atoms with E-state index in [0.717, 1.165) is 0 Å². The van der Waals surface area contributed by atoms with Crippen LogP contribution in [0.25, 0.3) is 0 Å². The second kappa shape index (κ2) is 10.1. The van der Waals surface area contributed by atoms with Crippen LogP contribution in [0, 0.1) is 0 Å². The molecule has 0 heterocycles. The molecule has 0 rings (SSSR count). The van der Waals surface area contributed by atoms with Crippen molar-refractivity contribution in [3.63, 3.8) is 0 Å². The first-order valence-electron chi connectivity index (χ1n) is 6.58. The van der Waals surface area contributed by atoms with E-state index >= 15 is 0 Å². The highest BCUT2D eigenvalue weighted by Crippen LogP contribution is 1.96. The fraction of sp³-hybridized carbons (Fsp3) is 1.00. The van der Waals surface area contributed by atoms with E-state index in [9.17, 15) is 0 Å². The van der Waals surface area contributed by atoms with Gasteiger partial charge in [-0.2, -0.15) is 0 Å². The van der Waals surface area contributed by atoms with Gasteiger partial charge in [-0.3, -0.25) is 0 Å². The van der Waals surface area contributed by atoms with E-state index in [4.69, 9.17) is 0 Å². The maximum atomic E-state index is 2.45. The Bertz CT molecular complexity index is 148. The van der Waals surface area contributed by atoms with Crippen molar-refractivity contribution >= 4 is 0 Å². The fourth-order valence-electron chi connectivity index (χ4n) is 1.69. The molecule has 0 aliphatic heterocycles. The van der Waals surface area contributed by atoms with Crippen LogP contribution in [0.2, 0.25) is 0 Å². The summed E-state index contributed by atoms with van der Waals surface area (Å²) in [4.78, 5) is 7.09. The minimum Gasteiger partial charge on any atom is -0.309 e. The van der Waals surface area contributed by atoms with Crippen LogP contribution < -0.4 is 0 Å². The van der Waals surface area contributed by atoms with Crippen molar-refractivity contribution < 1.29 is 0 Å². The molecule has 0 N–H and O–H groups in total. The minimum absolute atomic E-state index is 1.17. The van der Waals surface area contributed by atoms with E-state index in [2.05, 4.69) is 49.8 Å². The Kier molecular flexibility index (Phi) is 9.99. The Labute approximate surface area is 102 Å². The maximum absolute atomic E-state index is 2.45. The smallest absolute Gasteiger partial charge is 0.000960 e. The molecule has 0 aromatic carbocycles. The average molecular weight is 229 g/mol. The highest BCUT2D eigenvalue weighted by molar-refractivity contribution is 4.56. The van der Waals surface area contributed by atoms with Gasteiger partial charge in [0.2, 0.25) is 0 Å². The molecule has 0 bridgehead atoms. The molecular weight excluding hydrogens is 198 g/mol. The second-order valence-electron chi connectivity index (χ2n) is 5.06. The largest absolute Gasteiger partial charge is 0.309 e. The third kappa shape index (κ3) is 10.4. The van der Waals surface area contributed by atoms with E-state index in [0.29, 0.717) is 0 Å². The van der Waals surface area contributed by atoms with Gasteiger partial charge in [0.25, 0.3) is 0 Å². The van der Waals surface area contributed by atoms with Crippen LogP contribution in [0.1, 0.15) is 26.2 Å². The summed E-state index contributed by atoms with van der Waals surface area (Å²) in [6.45, 7) is 8.28. The zero-order valence-corrected chi connectivity index (χ0v) is 12.0. The Hall–Kier alpha value is -0.120.